The predicted molar refractivity (Wildman–Crippen MR) is 152 cm³/mol. The molecule has 7 nitrogen and oxygen atoms in total. The van der Waals surface area contributed by atoms with Gasteiger partial charge < -0.3 is 23.7 Å². The Labute approximate surface area is 229 Å². The van der Waals surface area contributed by atoms with Crippen molar-refractivity contribution in [1.29, 1.82) is 0 Å². The van der Waals surface area contributed by atoms with Crippen LogP contribution in [-0.4, -0.2) is 56.6 Å². The monoisotopic (exact) mass is 545 g/mol. The van der Waals surface area contributed by atoms with Crippen LogP contribution in [0, 0.1) is 5.41 Å². The molecule has 0 heterocycles. The maximum atomic E-state index is 13.1. The van der Waals surface area contributed by atoms with Crippen LogP contribution < -0.4 is 9.47 Å². The minimum Gasteiger partial charge on any atom is -0.497 e. The molecule has 8 heteroatoms. The van der Waals surface area contributed by atoms with Gasteiger partial charge in [-0.3, -0.25) is 0 Å². The highest BCUT2D eigenvalue weighted by molar-refractivity contribution is 7.96. The number of carbonyl (C=O) groups excluding carboxylic acids is 2. The van der Waals surface area contributed by atoms with E-state index in [1.54, 1.807) is 38.5 Å². The molecule has 0 unspecified atom stereocenters. The fourth-order valence-corrected chi connectivity index (χ4v) is 5.52. The van der Waals surface area contributed by atoms with Crippen molar-refractivity contribution in [2.24, 2.45) is 5.41 Å². The van der Waals surface area contributed by atoms with E-state index in [4.69, 9.17) is 23.7 Å². The van der Waals surface area contributed by atoms with Gasteiger partial charge in [-0.15, -0.1) is 0 Å². The largest absolute Gasteiger partial charge is 0.497 e. The SMILES string of the molecule is C=C(C[C@H](OC[C@@H]([S+](C)C)C(C)(C)C)C(=O)OCc1ccc(OC)cc1)C(=O)OCc1ccc(OC)cc1. The number of hydrogen-bond donors (Lipinski definition) is 0. The molecular formula is C30H41O7S+. The molecule has 2 atom stereocenters. The van der Waals surface area contributed by atoms with Crippen LogP contribution in [0.25, 0.3) is 0 Å². The summed E-state index contributed by atoms with van der Waals surface area (Å²) in [7, 11) is 3.23. The smallest absolute Gasteiger partial charge is 0.335 e. The zero-order valence-electron chi connectivity index (χ0n) is 23.6. The standard InChI is InChI=1S/C30H41O7S/c1-21(28(31)36-18-22-9-13-24(33-5)14-10-22)17-26(35-20-27(38(7)8)30(2,3)4)29(32)37-19-23-11-15-25(34-6)16-12-23/h9-16,26-27H,1,17-20H2,2-8H3/q+1/t26-,27+/m0/s1. The minimum atomic E-state index is -0.984. The Bertz CT molecular complexity index is 1040. The molecule has 0 spiro atoms. The second kappa shape index (κ2) is 14.8. The Morgan fingerprint density at radius 1 is 0.842 bits per heavy atom. The van der Waals surface area contributed by atoms with Crippen molar-refractivity contribution in [1.82, 2.24) is 0 Å². The normalized spacial score (nSPS) is 12.9. The van der Waals surface area contributed by atoms with Crippen molar-refractivity contribution in [3.63, 3.8) is 0 Å². The molecule has 0 amide bonds. The molecule has 0 saturated heterocycles. The molecule has 0 saturated carbocycles. The van der Waals surface area contributed by atoms with Crippen LogP contribution in [0.5, 0.6) is 11.5 Å². The van der Waals surface area contributed by atoms with E-state index < -0.39 is 18.0 Å². The summed E-state index contributed by atoms with van der Waals surface area (Å²) in [5, 5.41) is 0.217. The van der Waals surface area contributed by atoms with E-state index >= 15 is 0 Å². The Morgan fingerprint density at radius 3 is 1.74 bits per heavy atom. The van der Waals surface area contributed by atoms with E-state index in [0.717, 1.165) is 11.1 Å². The topological polar surface area (TPSA) is 80.3 Å². The van der Waals surface area contributed by atoms with Crippen LogP contribution in [0.3, 0.4) is 0 Å². The summed E-state index contributed by atoms with van der Waals surface area (Å²) in [6.45, 7) is 10.8. The first-order chi connectivity index (χ1) is 17.9. The third-order valence-corrected chi connectivity index (χ3v) is 8.02. The van der Waals surface area contributed by atoms with E-state index in [2.05, 4.69) is 39.9 Å². The summed E-state index contributed by atoms with van der Waals surface area (Å²) in [4.78, 5) is 25.8. The van der Waals surface area contributed by atoms with Crippen molar-refractivity contribution in [3.05, 3.63) is 71.8 Å². The van der Waals surface area contributed by atoms with Crippen molar-refractivity contribution < 1.29 is 33.3 Å². The molecule has 38 heavy (non-hydrogen) atoms. The van der Waals surface area contributed by atoms with Gasteiger partial charge in [-0.25, -0.2) is 9.59 Å². The van der Waals surface area contributed by atoms with E-state index in [0.29, 0.717) is 18.1 Å². The number of methoxy groups -OCH3 is 2. The van der Waals surface area contributed by atoms with Gasteiger partial charge in [0.1, 0.15) is 30.0 Å². The number of carbonyl (C=O) groups is 2. The molecule has 0 radical (unpaired) electrons. The van der Waals surface area contributed by atoms with E-state index in [1.165, 1.54) is 0 Å². The number of esters is 2. The average Bonchev–Trinajstić information content (AvgIpc) is 2.89. The summed E-state index contributed by atoms with van der Waals surface area (Å²) in [6.07, 6.45) is 3.31. The molecule has 0 bridgehead atoms. The quantitative estimate of drug-likeness (QED) is 0.185. The maximum Gasteiger partial charge on any atom is 0.335 e. The average molecular weight is 546 g/mol. The highest BCUT2D eigenvalue weighted by atomic mass is 32.2. The van der Waals surface area contributed by atoms with Gasteiger partial charge in [0, 0.05) is 17.4 Å². The first kappa shape index (κ1) is 31.2. The first-order valence-electron chi connectivity index (χ1n) is 12.4. The van der Waals surface area contributed by atoms with Gasteiger partial charge in [-0.1, -0.05) is 51.6 Å². The number of hydrogen-bond acceptors (Lipinski definition) is 7. The van der Waals surface area contributed by atoms with Gasteiger partial charge in [0.2, 0.25) is 0 Å². The van der Waals surface area contributed by atoms with E-state index in [1.807, 2.05) is 24.3 Å². The second-order valence-electron chi connectivity index (χ2n) is 10.2. The molecule has 0 N–H and O–H groups in total. The molecule has 0 aliphatic heterocycles. The van der Waals surface area contributed by atoms with Gasteiger partial charge in [0.05, 0.1) is 33.3 Å². The summed E-state index contributed by atoms with van der Waals surface area (Å²) < 4.78 is 27.4. The Hall–Kier alpha value is -2.97. The zero-order valence-corrected chi connectivity index (χ0v) is 24.4. The molecule has 2 aromatic rings. The lowest BCUT2D eigenvalue weighted by Crippen LogP contribution is -2.40. The van der Waals surface area contributed by atoms with Crippen LogP contribution in [0.1, 0.15) is 38.3 Å². The van der Waals surface area contributed by atoms with Gasteiger partial charge in [0.15, 0.2) is 6.10 Å². The van der Waals surface area contributed by atoms with Crippen molar-refractivity contribution in [3.8, 4) is 11.5 Å². The van der Waals surface area contributed by atoms with Crippen molar-refractivity contribution in [2.75, 3.05) is 33.3 Å². The van der Waals surface area contributed by atoms with Crippen molar-refractivity contribution >= 4 is 22.8 Å². The van der Waals surface area contributed by atoms with Crippen LogP contribution in [0.2, 0.25) is 0 Å². The second-order valence-corrected chi connectivity index (χ2v) is 12.6. The molecular weight excluding hydrogens is 504 g/mol. The van der Waals surface area contributed by atoms with Gasteiger partial charge in [-0.2, -0.15) is 0 Å². The number of ether oxygens (including phenoxy) is 5. The molecule has 2 aromatic carbocycles. The van der Waals surface area contributed by atoms with Crippen LogP contribution >= 0.6 is 0 Å². The van der Waals surface area contributed by atoms with Crippen LogP contribution in [-0.2, 0) is 47.9 Å². The molecule has 2 rings (SSSR count). The molecule has 208 valence electrons. The summed E-state index contributed by atoms with van der Waals surface area (Å²) in [6, 6.07) is 14.5. The van der Waals surface area contributed by atoms with Gasteiger partial charge >= 0.3 is 11.9 Å². The zero-order chi connectivity index (χ0) is 28.3. The Balaban J connectivity index is 2.05. The maximum absolute atomic E-state index is 13.1. The van der Waals surface area contributed by atoms with E-state index in [-0.39, 0.29) is 46.8 Å². The highest BCUT2D eigenvalue weighted by Crippen LogP contribution is 2.27. The molecule has 0 aromatic heterocycles. The lowest BCUT2D eigenvalue weighted by Gasteiger charge is -2.28. The lowest BCUT2D eigenvalue weighted by atomic mass is 9.92. The van der Waals surface area contributed by atoms with Crippen molar-refractivity contribution in [2.45, 2.75) is 51.8 Å². The van der Waals surface area contributed by atoms with Crippen LogP contribution in [0.15, 0.2) is 60.7 Å². The summed E-state index contributed by atoms with van der Waals surface area (Å²) in [5.41, 5.74) is 1.75. The van der Waals surface area contributed by atoms with E-state index in [9.17, 15) is 9.59 Å². The Kier molecular flexibility index (Phi) is 12.2. The van der Waals surface area contributed by atoms with Gasteiger partial charge in [0.25, 0.3) is 0 Å². The summed E-state index contributed by atoms with van der Waals surface area (Å²) in [5.74, 6) is 0.293. The fourth-order valence-electron chi connectivity index (χ4n) is 3.76. The molecule has 0 aliphatic carbocycles. The molecule has 0 aliphatic rings. The molecule has 0 fully saturated rings. The fraction of sp³-hybridized carbons (Fsp3) is 0.467. The van der Waals surface area contributed by atoms with Gasteiger partial charge in [-0.05, 0) is 46.3 Å². The lowest BCUT2D eigenvalue weighted by molar-refractivity contribution is -0.159. The Morgan fingerprint density at radius 2 is 1.32 bits per heavy atom. The predicted octanol–water partition coefficient (Wildman–Crippen LogP) is 5.11. The third-order valence-electron chi connectivity index (χ3n) is 6.04. The first-order valence-corrected chi connectivity index (χ1v) is 14.5. The minimum absolute atomic E-state index is 0.0154. The van der Waals surface area contributed by atoms with Crippen LogP contribution in [0.4, 0.5) is 0 Å². The highest BCUT2D eigenvalue weighted by Gasteiger charge is 2.37. The number of benzene rings is 2. The summed E-state index contributed by atoms with van der Waals surface area (Å²) >= 11 is 0. The third kappa shape index (κ3) is 10.1. The number of rotatable bonds is 14.